The van der Waals surface area contributed by atoms with Crippen LogP contribution >= 0.6 is 0 Å². The van der Waals surface area contributed by atoms with Crippen LogP contribution in [0.1, 0.15) is 57.4 Å². The maximum Gasteiger partial charge on any atom is 0.294 e. The van der Waals surface area contributed by atoms with Crippen LogP contribution in [-0.4, -0.2) is 60.9 Å². The summed E-state index contributed by atoms with van der Waals surface area (Å²) in [5.41, 5.74) is 0.956. The maximum atomic E-state index is 10.5. The molecule has 0 saturated heterocycles. The predicted octanol–water partition coefficient (Wildman–Crippen LogP) is 3.27. The number of hydrogen-bond donors (Lipinski definition) is 3. The molecule has 0 atom stereocenters. The third-order valence-electron chi connectivity index (χ3n) is 4.23. The van der Waals surface area contributed by atoms with E-state index in [-0.39, 0.29) is 18.1 Å². The van der Waals surface area contributed by atoms with Gasteiger partial charge in [-0.25, -0.2) is 0 Å². The molecule has 1 aromatic rings. The van der Waals surface area contributed by atoms with Gasteiger partial charge in [-0.1, -0.05) is 63.1 Å². The van der Waals surface area contributed by atoms with Crippen molar-refractivity contribution in [3.8, 4) is 0 Å². The first-order valence-electron chi connectivity index (χ1n) is 9.83. The molecule has 3 N–H and O–H groups in total. The van der Waals surface area contributed by atoms with E-state index in [9.17, 15) is 8.42 Å². The molecule has 0 fully saturated rings. The van der Waals surface area contributed by atoms with Crippen LogP contribution in [0, 0.1) is 6.92 Å². The van der Waals surface area contributed by atoms with Crippen molar-refractivity contribution in [2.45, 2.75) is 63.7 Å². The van der Waals surface area contributed by atoms with Gasteiger partial charge in [-0.15, -0.1) is 0 Å². The van der Waals surface area contributed by atoms with Gasteiger partial charge in [-0.3, -0.25) is 9.45 Å². The first-order valence-corrected chi connectivity index (χ1v) is 11.3. The molecule has 0 amide bonds. The number of rotatable bonds is 13. The third kappa shape index (κ3) is 14.7. The van der Waals surface area contributed by atoms with Crippen LogP contribution in [0.5, 0.6) is 0 Å². The highest BCUT2D eigenvalue weighted by atomic mass is 32.2. The van der Waals surface area contributed by atoms with E-state index in [4.69, 9.17) is 14.8 Å². The Kier molecular flexibility index (Phi) is 15.4. The van der Waals surface area contributed by atoms with Gasteiger partial charge in [0.1, 0.15) is 0 Å². The van der Waals surface area contributed by atoms with Gasteiger partial charge in [0.25, 0.3) is 10.1 Å². The average Bonchev–Trinajstić information content (AvgIpc) is 2.61. The second-order valence-electron chi connectivity index (χ2n) is 6.70. The van der Waals surface area contributed by atoms with Crippen molar-refractivity contribution >= 4 is 10.1 Å². The fraction of sp³-hybridized carbons (Fsp3) is 0.700. The van der Waals surface area contributed by atoms with Gasteiger partial charge in [0, 0.05) is 13.1 Å². The van der Waals surface area contributed by atoms with Crippen LogP contribution in [0.15, 0.2) is 29.2 Å². The molecule has 0 aliphatic carbocycles. The summed E-state index contributed by atoms with van der Waals surface area (Å²) < 4.78 is 29.6. The SMILES string of the molecule is CCCCCCCCCN(CCO)CCO.Cc1ccc(S(=O)(=O)O)cc1. The van der Waals surface area contributed by atoms with Crippen LogP contribution in [0.25, 0.3) is 0 Å². The zero-order valence-electron chi connectivity index (χ0n) is 16.8. The van der Waals surface area contributed by atoms with Gasteiger partial charge >= 0.3 is 0 Å². The highest BCUT2D eigenvalue weighted by Gasteiger charge is 2.06. The average molecular weight is 404 g/mol. The molecular weight excluding hydrogens is 366 g/mol. The second-order valence-corrected chi connectivity index (χ2v) is 8.12. The highest BCUT2D eigenvalue weighted by molar-refractivity contribution is 7.85. The van der Waals surface area contributed by atoms with E-state index >= 15 is 0 Å². The van der Waals surface area contributed by atoms with Gasteiger partial charge in [0.05, 0.1) is 18.1 Å². The minimum absolute atomic E-state index is 0.0666. The van der Waals surface area contributed by atoms with Crippen LogP contribution in [0.4, 0.5) is 0 Å². The lowest BCUT2D eigenvalue weighted by Crippen LogP contribution is -2.30. The van der Waals surface area contributed by atoms with Crippen LogP contribution in [-0.2, 0) is 10.1 Å². The molecule has 0 heterocycles. The Morgan fingerprint density at radius 1 is 0.815 bits per heavy atom. The van der Waals surface area contributed by atoms with Crippen LogP contribution < -0.4 is 0 Å². The van der Waals surface area contributed by atoms with E-state index in [0.717, 1.165) is 12.1 Å². The summed E-state index contributed by atoms with van der Waals surface area (Å²) in [4.78, 5) is 2.06. The highest BCUT2D eigenvalue weighted by Crippen LogP contribution is 2.09. The number of aliphatic hydroxyl groups is 2. The van der Waals surface area contributed by atoms with Crippen molar-refractivity contribution in [3.05, 3.63) is 29.8 Å². The normalized spacial score (nSPS) is 11.3. The summed E-state index contributed by atoms with van der Waals surface area (Å²) >= 11 is 0. The molecule has 0 saturated carbocycles. The van der Waals surface area contributed by atoms with Gasteiger partial charge in [0.2, 0.25) is 0 Å². The first-order chi connectivity index (χ1) is 12.8. The van der Waals surface area contributed by atoms with Gasteiger partial charge < -0.3 is 10.2 Å². The largest absolute Gasteiger partial charge is 0.395 e. The lowest BCUT2D eigenvalue weighted by Gasteiger charge is -2.19. The molecule has 6 nitrogen and oxygen atoms in total. The predicted molar refractivity (Wildman–Crippen MR) is 110 cm³/mol. The number of benzene rings is 1. The minimum atomic E-state index is -4.02. The fourth-order valence-corrected chi connectivity index (χ4v) is 3.10. The number of unbranched alkanes of at least 4 members (excludes halogenated alkanes) is 6. The van der Waals surface area contributed by atoms with Gasteiger partial charge in [-0.2, -0.15) is 8.42 Å². The van der Waals surface area contributed by atoms with Crippen molar-refractivity contribution in [2.75, 3.05) is 32.8 Å². The number of aryl methyl sites for hydroxylation is 1. The molecule has 0 aromatic heterocycles. The number of hydrogen-bond acceptors (Lipinski definition) is 5. The van der Waals surface area contributed by atoms with E-state index in [2.05, 4.69) is 11.8 Å². The monoisotopic (exact) mass is 403 g/mol. The zero-order chi connectivity index (χ0) is 20.5. The topological polar surface area (TPSA) is 98.1 Å². The molecular formula is C20H37NO5S. The van der Waals surface area contributed by atoms with E-state index in [1.807, 2.05) is 6.92 Å². The minimum Gasteiger partial charge on any atom is -0.395 e. The fourth-order valence-electron chi connectivity index (χ4n) is 2.62. The quantitative estimate of drug-likeness (QED) is 0.345. The molecule has 7 heteroatoms. The molecule has 0 bridgehead atoms. The molecule has 0 aliphatic heterocycles. The third-order valence-corrected chi connectivity index (χ3v) is 5.10. The van der Waals surface area contributed by atoms with Gasteiger partial charge in [0.15, 0.2) is 0 Å². The Labute approximate surface area is 165 Å². The Hall–Kier alpha value is -0.990. The van der Waals surface area contributed by atoms with Crippen molar-refractivity contribution in [1.29, 1.82) is 0 Å². The standard InChI is InChI=1S/C13H29NO2.C7H8O3S/c1-2-3-4-5-6-7-8-9-14(10-12-15)11-13-16;1-6-2-4-7(5-3-6)11(8,9)10/h15-16H,2-13H2,1H3;2-5H,1H3,(H,8,9,10). The summed E-state index contributed by atoms with van der Waals surface area (Å²) in [5, 5.41) is 17.7. The van der Waals surface area contributed by atoms with Crippen molar-refractivity contribution in [3.63, 3.8) is 0 Å². The van der Waals surface area contributed by atoms with Crippen LogP contribution in [0.2, 0.25) is 0 Å². The molecule has 158 valence electrons. The Bertz CT molecular complexity index is 554. The van der Waals surface area contributed by atoms with Crippen molar-refractivity contribution < 1.29 is 23.2 Å². The Balaban J connectivity index is 0.000000533. The summed E-state index contributed by atoms with van der Waals surface area (Å²) in [6.45, 7) is 6.85. The van der Waals surface area contributed by atoms with E-state index in [0.29, 0.717) is 13.1 Å². The Morgan fingerprint density at radius 3 is 1.74 bits per heavy atom. The zero-order valence-corrected chi connectivity index (χ0v) is 17.6. The van der Waals surface area contributed by atoms with Crippen LogP contribution in [0.3, 0.4) is 0 Å². The molecule has 0 radical (unpaired) electrons. The maximum absolute atomic E-state index is 10.5. The molecule has 0 spiro atoms. The number of nitrogens with zero attached hydrogens (tertiary/aromatic N) is 1. The molecule has 1 rings (SSSR count). The summed E-state index contributed by atoms with van der Waals surface area (Å²) in [5.74, 6) is 0. The summed E-state index contributed by atoms with van der Waals surface area (Å²) in [6, 6.07) is 5.99. The molecule has 0 unspecified atom stereocenters. The van der Waals surface area contributed by atoms with E-state index < -0.39 is 10.1 Å². The van der Waals surface area contributed by atoms with Crippen molar-refractivity contribution in [2.24, 2.45) is 0 Å². The smallest absolute Gasteiger partial charge is 0.294 e. The second kappa shape index (κ2) is 16.0. The van der Waals surface area contributed by atoms with E-state index in [1.165, 1.54) is 57.1 Å². The molecule has 27 heavy (non-hydrogen) atoms. The first kappa shape index (κ1) is 26.0. The summed E-state index contributed by atoms with van der Waals surface area (Å²) in [7, 11) is -4.02. The molecule has 0 aliphatic rings. The summed E-state index contributed by atoms with van der Waals surface area (Å²) in [6.07, 6.45) is 9.18. The van der Waals surface area contributed by atoms with Crippen molar-refractivity contribution in [1.82, 2.24) is 4.90 Å². The van der Waals surface area contributed by atoms with E-state index in [1.54, 1.807) is 12.1 Å². The van der Waals surface area contributed by atoms with Gasteiger partial charge in [-0.05, 0) is 32.0 Å². The Morgan fingerprint density at radius 2 is 1.30 bits per heavy atom. The lowest BCUT2D eigenvalue weighted by molar-refractivity contribution is 0.159. The lowest BCUT2D eigenvalue weighted by atomic mass is 10.1. The molecule has 1 aromatic carbocycles. The number of aliphatic hydroxyl groups excluding tert-OH is 2.